The molecule has 3 aromatic carbocycles. The van der Waals surface area contributed by atoms with Crippen LogP contribution >= 0.6 is 0 Å². The predicted octanol–water partition coefficient (Wildman–Crippen LogP) is 8.76. The Morgan fingerprint density at radius 2 is 1.42 bits per heavy atom. The first-order chi connectivity index (χ1) is 23.1. The Morgan fingerprint density at radius 1 is 0.780 bits per heavy atom. The number of carbonyl (C=O) groups is 2. The van der Waals surface area contributed by atoms with Crippen molar-refractivity contribution in [2.75, 3.05) is 6.54 Å². The summed E-state index contributed by atoms with van der Waals surface area (Å²) < 4.78 is 167. The van der Waals surface area contributed by atoms with Crippen LogP contribution in [0.4, 0.5) is 57.5 Å². The van der Waals surface area contributed by atoms with Crippen molar-refractivity contribution in [1.29, 1.82) is 0 Å². The van der Waals surface area contributed by atoms with Crippen molar-refractivity contribution in [2.45, 2.75) is 69.0 Å². The summed E-state index contributed by atoms with van der Waals surface area (Å²) >= 11 is 0. The van der Waals surface area contributed by atoms with E-state index in [4.69, 9.17) is 5.11 Å². The molecule has 0 aliphatic carbocycles. The number of aryl methyl sites for hydroxylation is 1. The molecule has 0 heterocycles. The van der Waals surface area contributed by atoms with Crippen molar-refractivity contribution in [3.63, 3.8) is 0 Å². The Hall–Kier alpha value is -4.64. The topological polar surface area (TPSA) is 87.7 Å². The van der Waals surface area contributed by atoms with E-state index in [2.05, 4.69) is 4.74 Å². The van der Waals surface area contributed by atoms with Gasteiger partial charge in [-0.15, -0.1) is 0 Å². The molecule has 0 saturated heterocycles. The van der Waals surface area contributed by atoms with Gasteiger partial charge in [-0.05, 0) is 65.8 Å². The smallest absolute Gasteiger partial charge is 0.461 e. The van der Waals surface area contributed by atoms with E-state index in [-0.39, 0.29) is 24.1 Å². The third-order valence-corrected chi connectivity index (χ3v) is 7.26. The van der Waals surface area contributed by atoms with Crippen molar-refractivity contribution < 1.29 is 72.1 Å². The maximum absolute atomic E-state index is 15.0. The number of amides is 2. The fraction of sp³-hybridized carbons (Fsp3) is 0.375. The zero-order chi connectivity index (χ0) is 37.5. The molecule has 0 saturated carbocycles. The molecule has 274 valence electrons. The lowest BCUT2D eigenvalue weighted by atomic mass is 9.77. The molecule has 0 radical (unpaired) electrons. The van der Waals surface area contributed by atoms with Crippen LogP contribution in [0.5, 0.6) is 5.75 Å². The van der Waals surface area contributed by atoms with Crippen LogP contribution in [0.2, 0.25) is 0 Å². The van der Waals surface area contributed by atoms with Gasteiger partial charge in [-0.25, -0.2) is 13.6 Å². The van der Waals surface area contributed by atoms with Gasteiger partial charge >= 0.3 is 36.9 Å². The number of hydrogen-bond acceptors (Lipinski definition) is 3. The van der Waals surface area contributed by atoms with Gasteiger partial charge in [-0.3, -0.25) is 4.79 Å². The second-order valence-electron chi connectivity index (χ2n) is 11.1. The normalized spacial score (nSPS) is 13.5. The van der Waals surface area contributed by atoms with Crippen LogP contribution in [0, 0.1) is 11.6 Å². The number of hydrogen-bond donors (Lipinski definition) is 3. The summed E-state index contributed by atoms with van der Waals surface area (Å²) in [5, 5.41) is 12.3. The van der Waals surface area contributed by atoms with Crippen LogP contribution in [0.25, 0.3) is 0 Å². The number of carboxylic acids is 1. The van der Waals surface area contributed by atoms with Crippen LogP contribution in [0.1, 0.15) is 53.5 Å². The molecule has 3 rings (SSSR count). The third-order valence-electron chi connectivity index (χ3n) is 7.26. The summed E-state index contributed by atoms with van der Waals surface area (Å²) in [6.45, 7) is -1.97. The van der Waals surface area contributed by atoms with Crippen LogP contribution in [0.3, 0.4) is 0 Å². The van der Waals surface area contributed by atoms with E-state index in [9.17, 15) is 62.3 Å². The highest BCUT2D eigenvalue weighted by atomic mass is 19.4. The van der Waals surface area contributed by atoms with Gasteiger partial charge in [0.1, 0.15) is 23.9 Å². The second kappa shape index (κ2) is 15.9. The van der Waals surface area contributed by atoms with Gasteiger partial charge in [0.25, 0.3) is 0 Å². The average molecular weight is 733 g/mol. The highest BCUT2D eigenvalue weighted by Gasteiger charge is 2.45. The number of ether oxygens (including phenoxy) is 1. The number of aliphatic carboxylic acids is 1. The molecule has 3 aromatic rings. The first-order valence-electron chi connectivity index (χ1n) is 14.6. The number of benzene rings is 3. The zero-order valence-corrected chi connectivity index (χ0v) is 25.5. The van der Waals surface area contributed by atoms with Gasteiger partial charge in [-0.1, -0.05) is 36.8 Å². The van der Waals surface area contributed by atoms with E-state index in [1.54, 1.807) is 0 Å². The van der Waals surface area contributed by atoms with E-state index in [1.165, 1.54) is 29.6 Å². The molecule has 18 heteroatoms. The molecular formula is C32H28F12N2O4. The standard InChI is InChI=1S/C32H28F12N2O4/c33-22-12-21(13-23(15-22)50-32(43,44)27(35)36)29(46-28(49)45-17-30(37,38)39,20-10-11-25(34)24(14-20)31(40,41)42)16-19-8-6-18(7-9-19)4-2-1-3-5-26(47)48/h6-15,27H,1-5,16-17H2,(H,47,48)(H2,45,46,49). The Bertz CT molecular complexity index is 1630. The highest BCUT2D eigenvalue weighted by Crippen LogP contribution is 2.41. The maximum atomic E-state index is 15.0. The van der Waals surface area contributed by atoms with Gasteiger partial charge in [0.2, 0.25) is 0 Å². The number of rotatable bonds is 15. The summed E-state index contributed by atoms with van der Waals surface area (Å²) in [5.74, 6) is -5.59. The van der Waals surface area contributed by atoms with Crippen molar-refractivity contribution >= 4 is 12.0 Å². The van der Waals surface area contributed by atoms with E-state index >= 15 is 0 Å². The summed E-state index contributed by atoms with van der Waals surface area (Å²) in [5.41, 5.74) is -5.26. The predicted molar refractivity (Wildman–Crippen MR) is 153 cm³/mol. The number of carbonyl (C=O) groups excluding carboxylic acids is 1. The number of nitrogens with one attached hydrogen (secondary N) is 2. The lowest BCUT2D eigenvalue weighted by Crippen LogP contribution is -2.53. The van der Waals surface area contributed by atoms with Gasteiger partial charge < -0.3 is 20.5 Å². The molecular weight excluding hydrogens is 704 g/mol. The molecule has 0 fully saturated rings. The molecule has 6 nitrogen and oxygen atoms in total. The van der Waals surface area contributed by atoms with E-state index in [1.807, 2.05) is 5.32 Å². The first kappa shape index (κ1) is 39.8. The summed E-state index contributed by atoms with van der Waals surface area (Å²) in [6, 6.07) is 6.42. The molecule has 1 atom stereocenters. The van der Waals surface area contributed by atoms with E-state index in [0.717, 1.165) is 0 Å². The van der Waals surface area contributed by atoms with Crippen molar-refractivity contribution in [3.8, 4) is 5.75 Å². The molecule has 3 N–H and O–H groups in total. The number of carboxylic acid groups (broad SMARTS) is 1. The maximum Gasteiger partial charge on any atom is 0.461 e. The van der Waals surface area contributed by atoms with Crippen molar-refractivity contribution in [3.05, 3.63) is 100 Å². The minimum absolute atomic E-state index is 0.0450. The molecule has 1 unspecified atom stereocenters. The average Bonchev–Trinajstić information content (AvgIpc) is 2.99. The van der Waals surface area contributed by atoms with E-state index < -0.39 is 89.5 Å². The molecule has 0 aromatic heterocycles. The summed E-state index contributed by atoms with van der Waals surface area (Å²) in [7, 11) is 0. The van der Waals surface area contributed by atoms with E-state index in [0.29, 0.717) is 55.5 Å². The minimum Gasteiger partial charge on any atom is -0.481 e. The Morgan fingerprint density at radius 3 is 2.00 bits per heavy atom. The SMILES string of the molecule is O=C(O)CCCCCc1ccc(CC(NC(=O)NCC(F)(F)F)(c2cc(F)cc(OC(F)(F)C(F)F)c2)c2ccc(F)c(C(F)(F)F)c2)cc1. The molecule has 0 aliphatic heterocycles. The van der Waals surface area contributed by atoms with Crippen molar-refractivity contribution in [2.24, 2.45) is 0 Å². The first-order valence-corrected chi connectivity index (χ1v) is 14.6. The highest BCUT2D eigenvalue weighted by molar-refractivity contribution is 5.76. The van der Waals surface area contributed by atoms with Gasteiger partial charge in [0.15, 0.2) is 0 Å². The minimum atomic E-state index is -5.38. The van der Waals surface area contributed by atoms with Crippen LogP contribution in [0.15, 0.2) is 60.7 Å². The number of urea groups is 1. The number of halogens is 12. The lowest BCUT2D eigenvalue weighted by molar-refractivity contribution is -0.253. The summed E-state index contributed by atoms with van der Waals surface area (Å²) in [6.07, 6.45) is -18.9. The van der Waals surface area contributed by atoms with Crippen LogP contribution in [-0.4, -0.2) is 42.4 Å². The Labute approximate surface area is 276 Å². The Balaban J connectivity index is 2.22. The molecule has 0 bridgehead atoms. The number of alkyl halides is 10. The zero-order valence-electron chi connectivity index (χ0n) is 25.5. The Kier molecular flexibility index (Phi) is 12.7. The second-order valence-corrected chi connectivity index (χ2v) is 11.1. The fourth-order valence-electron chi connectivity index (χ4n) is 4.97. The largest absolute Gasteiger partial charge is 0.481 e. The number of unbranched alkanes of at least 4 members (excludes halogenated alkanes) is 2. The summed E-state index contributed by atoms with van der Waals surface area (Å²) in [4.78, 5) is 23.6. The van der Waals surface area contributed by atoms with Gasteiger partial charge in [0.05, 0.1) is 11.1 Å². The molecule has 0 spiro atoms. The van der Waals surface area contributed by atoms with Gasteiger partial charge in [-0.2, -0.15) is 43.9 Å². The molecule has 50 heavy (non-hydrogen) atoms. The quantitative estimate of drug-likeness (QED) is 0.108. The molecule has 2 amide bonds. The van der Waals surface area contributed by atoms with Crippen molar-refractivity contribution in [1.82, 2.24) is 10.6 Å². The monoisotopic (exact) mass is 732 g/mol. The van der Waals surface area contributed by atoms with Gasteiger partial charge in [0, 0.05) is 18.9 Å². The van der Waals surface area contributed by atoms with Crippen LogP contribution in [-0.2, 0) is 29.4 Å². The fourth-order valence-corrected chi connectivity index (χ4v) is 4.97. The lowest BCUT2D eigenvalue weighted by Gasteiger charge is -2.37. The van der Waals surface area contributed by atoms with Crippen LogP contribution < -0.4 is 15.4 Å². The third kappa shape index (κ3) is 11.2. The molecule has 0 aliphatic rings.